The van der Waals surface area contributed by atoms with Crippen molar-refractivity contribution in [2.45, 2.75) is 31.7 Å². The molecule has 5 rings (SSSR count). The lowest BCUT2D eigenvalue weighted by Gasteiger charge is -2.33. The fourth-order valence-electron chi connectivity index (χ4n) is 4.82. The minimum Gasteiger partial charge on any atom is -0.368 e. The molecule has 9 nitrogen and oxygen atoms in total. The molecule has 1 aliphatic carbocycles. The van der Waals surface area contributed by atoms with Crippen molar-refractivity contribution >= 4 is 34.4 Å². The van der Waals surface area contributed by atoms with Crippen molar-refractivity contribution in [2.24, 2.45) is 0 Å². The molecule has 0 unspecified atom stereocenters. The van der Waals surface area contributed by atoms with Crippen LogP contribution in [-0.2, 0) is 0 Å². The van der Waals surface area contributed by atoms with Crippen molar-refractivity contribution in [3.63, 3.8) is 0 Å². The second-order valence-electron chi connectivity index (χ2n) is 9.33. The summed E-state index contributed by atoms with van der Waals surface area (Å²) in [6.07, 6.45) is 8.20. The summed E-state index contributed by atoms with van der Waals surface area (Å²) < 4.78 is 2.13. The van der Waals surface area contributed by atoms with E-state index in [9.17, 15) is 4.79 Å². The predicted molar refractivity (Wildman–Crippen MR) is 132 cm³/mol. The van der Waals surface area contributed by atoms with E-state index in [0.717, 1.165) is 55.7 Å². The molecule has 1 N–H and O–H groups in total. The lowest BCUT2D eigenvalue weighted by Crippen LogP contribution is -2.44. The number of hydrogen-bond donors (Lipinski definition) is 1. The molecule has 2 fully saturated rings. The number of amides is 1. The maximum Gasteiger partial charge on any atom is 0.270 e. The molecular formula is C24H34N8O. The molecule has 2 aliphatic rings. The van der Waals surface area contributed by atoms with Crippen LogP contribution in [0.4, 0.5) is 17.5 Å². The Morgan fingerprint density at radius 1 is 1.09 bits per heavy atom. The van der Waals surface area contributed by atoms with E-state index in [-0.39, 0.29) is 7.33 Å². The van der Waals surface area contributed by atoms with Gasteiger partial charge in [0.25, 0.3) is 5.91 Å². The number of carbonyl (C=O) groups excluding carboxylic acids is 1. The maximum atomic E-state index is 12.9. The van der Waals surface area contributed by atoms with E-state index in [1.54, 1.807) is 25.2 Å². The van der Waals surface area contributed by atoms with Gasteiger partial charge in [0.05, 0.1) is 11.9 Å². The Morgan fingerprint density at radius 2 is 1.85 bits per heavy atom. The third kappa shape index (κ3) is 4.37. The van der Waals surface area contributed by atoms with Crippen LogP contribution in [0.5, 0.6) is 0 Å². The van der Waals surface area contributed by atoms with Crippen LogP contribution in [0.15, 0.2) is 30.6 Å². The van der Waals surface area contributed by atoms with Gasteiger partial charge in [-0.05, 0) is 38.1 Å². The van der Waals surface area contributed by atoms with Crippen molar-refractivity contribution in [3.8, 4) is 0 Å². The van der Waals surface area contributed by atoms with Crippen molar-refractivity contribution in [1.82, 2.24) is 29.3 Å². The van der Waals surface area contributed by atoms with Crippen molar-refractivity contribution in [3.05, 3.63) is 36.3 Å². The van der Waals surface area contributed by atoms with E-state index in [1.807, 2.05) is 18.3 Å². The van der Waals surface area contributed by atoms with Crippen molar-refractivity contribution in [2.75, 3.05) is 57.5 Å². The van der Waals surface area contributed by atoms with Gasteiger partial charge in [-0.2, -0.15) is 4.98 Å². The van der Waals surface area contributed by atoms with Crippen LogP contribution in [0.2, 0.25) is 0 Å². The highest BCUT2D eigenvalue weighted by molar-refractivity contribution is 5.97. The summed E-state index contributed by atoms with van der Waals surface area (Å²) >= 11 is 0. The number of anilines is 3. The number of nitrogens with one attached hydrogen (secondary N) is 1. The number of nitrogens with zero attached hydrogens (tertiary/aromatic N) is 7. The smallest absolute Gasteiger partial charge is 0.270 e. The molecule has 0 aromatic carbocycles. The lowest BCUT2D eigenvalue weighted by atomic mass is 10.2. The number of fused-ring (bicyclic) bond motifs is 1. The van der Waals surface area contributed by atoms with Crippen LogP contribution in [0, 0.1) is 0 Å². The summed E-state index contributed by atoms with van der Waals surface area (Å²) in [6.45, 7) is 4.15. The molecule has 0 bridgehead atoms. The molecule has 33 heavy (non-hydrogen) atoms. The normalized spacial score (nSPS) is 17.6. The monoisotopic (exact) mass is 450 g/mol. The summed E-state index contributed by atoms with van der Waals surface area (Å²) in [5, 5.41) is 4.13. The molecule has 176 valence electrons. The fraction of sp³-hybridized carbons (Fsp3) is 0.500. The number of hydrogen-bond acceptors (Lipinski definition) is 7. The molecule has 9 heteroatoms. The Balaban J connectivity index is 0.00000274. The van der Waals surface area contributed by atoms with Crippen LogP contribution in [-0.4, -0.2) is 82.5 Å². The van der Waals surface area contributed by atoms with Crippen molar-refractivity contribution in [1.29, 1.82) is 0 Å². The summed E-state index contributed by atoms with van der Waals surface area (Å²) in [6, 6.07) is 6.28. The Hall–Kier alpha value is -3.20. The van der Waals surface area contributed by atoms with Gasteiger partial charge in [-0.1, -0.05) is 12.8 Å². The van der Waals surface area contributed by atoms with Gasteiger partial charge in [0.1, 0.15) is 17.2 Å². The molecule has 1 aliphatic heterocycles. The average molecular weight is 451 g/mol. The van der Waals surface area contributed by atoms with Crippen LogP contribution in [0.25, 0.3) is 11.0 Å². The molecule has 0 spiro atoms. The highest BCUT2D eigenvalue weighted by Gasteiger charge is 2.26. The number of carbonyl (C=O) groups is 1. The second-order valence-corrected chi connectivity index (χ2v) is 9.33. The minimum atomic E-state index is -0.00410. The fourth-order valence-corrected chi connectivity index (χ4v) is 4.82. The molecule has 0 atom stereocenters. The molecule has 4 heterocycles. The summed E-state index contributed by atoms with van der Waals surface area (Å²) in [4.78, 5) is 33.1. The molecule has 1 amide bonds. The lowest BCUT2D eigenvalue weighted by molar-refractivity contribution is 0.0815. The quantitative estimate of drug-likeness (QED) is 0.638. The van der Waals surface area contributed by atoms with Crippen LogP contribution in [0.3, 0.4) is 0 Å². The molecular weight excluding hydrogens is 416 g/mol. The zero-order chi connectivity index (χ0) is 22.9. The predicted octanol–water partition coefficient (Wildman–Crippen LogP) is 3.38. The van der Waals surface area contributed by atoms with Crippen molar-refractivity contribution < 1.29 is 6.22 Å². The van der Waals surface area contributed by atoms with E-state index in [1.165, 1.54) is 12.8 Å². The number of pyridine rings is 1. The average Bonchev–Trinajstić information content (AvgIpc) is 3.47. The van der Waals surface area contributed by atoms with Gasteiger partial charge in [0, 0.05) is 59.3 Å². The summed E-state index contributed by atoms with van der Waals surface area (Å²) in [5.74, 6) is 1.19. The highest BCUT2D eigenvalue weighted by atomic mass is 16.2. The molecule has 0 radical (unpaired) electrons. The Labute approximate surface area is 195 Å². The zero-order valence-electron chi connectivity index (χ0n) is 19.7. The van der Waals surface area contributed by atoms with E-state index in [2.05, 4.69) is 42.8 Å². The number of rotatable bonds is 5. The molecule has 1 saturated heterocycles. The first kappa shape index (κ1) is 21.6. The van der Waals surface area contributed by atoms with E-state index < -0.39 is 0 Å². The van der Waals surface area contributed by atoms with Gasteiger partial charge >= 0.3 is 0 Å². The van der Waals surface area contributed by atoms with E-state index >= 15 is 0 Å². The first-order chi connectivity index (χ1) is 16.0. The first-order valence-corrected chi connectivity index (χ1v) is 11.8. The SMILES string of the molecule is CN1CCN(c2ccc(Nc3ncc4cc(C(=O)N(C)C)n(C5CCCC5)c4n3)nc2)CC1.[HH]. The topological polar surface area (TPSA) is 82.4 Å². The van der Waals surface area contributed by atoms with Gasteiger partial charge in [-0.3, -0.25) is 4.79 Å². The number of piperazine rings is 1. The maximum absolute atomic E-state index is 12.9. The van der Waals surface area contributed by atoms with Crippen LogP contribution >= 0.6 is 0 Å². The van der Waals surface area contributed by atoms with Gasteiger partial charge in [0.2, 0.25) is 5.95 Å². The zero-order valence-corrected chi connectivity index (χ0v) is 19.7. The highest BCUT2D eigenvalue weighted by Crippen LogP contribution is 2.35. The molecule has 3 aromatic heterocycles. The largest absolute Gasteiger partial charge is 0.368 e. The van der Waals surface area contributed by atoms with Gasteiger partial charge in [0.15, 0.2) is 0 Å². The third-order valence-electron chi connectivity index (χ3n) is 6.75. The Kier molecular flexibility index (Phi) is 5.88. The number of aromatic nitrogens is 4. The van der Waals surface area contributed by atoms with E-state index in [4.69, 9.17) is 4.98 Å². The Bertz CT molecular complexity index is 1130. The molecule has 1 saturated carbocycles. The summed E-state index contributed by atoms with van der Waals surface area (Å²) in [7, 11) is 5.73. The second kappa shape index (κ2) is 8.97. The van der Waals surface area contributed by atoms with Gasteiger partial charge in [-0.25, -0.2) is 9.97 Å². The van der Waals surface area contributed by atoms with Gasteiger partial charge in [-0.15, -0.1) is 0 Å². The standard InChI is InChI=1S/C24H32N8O.H2/c1-29(2)23(33)20-14-17-15-26-24(28-22(17)32(20)18-6-4-5-7-18)27-21-9-8-19(16-25-21)31-12-10-30(3)11-13-31;/h8-9,14-16,18H,4-7,10-13H2,1-3H3,(H,25,26,27,28);1H. The Morgan fingerprint density at radius 3 is 2.52 bits per heavy atom. The molecule has 3 aromatic rings. The minimum absolute atomic E-state index is 0. The first-order valence-electron chi connectivity index (χ1n) is 11.8. The number of likely N-dealkylation sites (N-methyl/N-ethyl adjacent to an activating group) is 1. The van der Waals surface area contributed by atoms with Crippen LogP contribution in [0.1, 0.15) is 43.6 Å². The summed E-state index contributed by atoms with van der Waals surface area (Å²) in [5.41, 5.74) is 2.62. The van der Waals surface area contributed by atoms with E-state index in [0.29, 0.717) is 23.5 Å². The third-order valence-corrected chi connectivity index (χ3v) is 6.75. The van der Waals surface area contributed by atoms with Gasteiger partial charge < -0.3 is 24.6 Å². The van der Waals surface area contributed by atoms with Crippen LogP contribution < -0.4 is 10.2 Å².